The molecule has 1 aliphatic rings. The van der Waals surface area contributed by atoms with Gasteiger partial charge in [0.25, 0.3) is 5.91 Å². The third-order valence-electron chi connectivity index (χ3n) is 2.99. The monoisotopic (exact) mass is 280 g/mol. The van der Waals surface area contributed by atoms with Crippen LogP contribution >= 0.6 is 0 Å². The number of anilines is 1. The molecule has 0 aliphatic carbocycles. The van der Waals surface area contributed by atoms with E-state index in [9.17, 15) is 4.79 Å². The predicted molar refractivity (Wildman–Crippen MR) is 73.7 cm³/mol. The number of nitrogens with zero attached hydrogens (tertiary/aromatic N) is 2. The van der Waals surface area contributed by atoms with Gasteiger partial charge in [0.15, 0.2) is 5.69 Å². The van der Waals surface area contributed by atoms with E-state index in [0.29, 0.717) is 24.7 Å². The first-order chi connectivity index (χ1) is 9.69. The first-order valence-electron chi connectivity index (χ1n) is 6.70. The third-order valence-corrected chi connectivity index (χ3v) is 2.99. The van der Waals surface area contributed by atoms with Crippen LogP contribution in [0.25, 0.3) is 0 Å². The third kappa shape index (κ3) is 4.14. The molecule has 0 aromatic carbocycles. The summed E-state index contributed by atoms with van der Waals surface area (Å²) in [6.45, 7) is 4.03. The van der Waals surface area contributed by atoms with Gasteiger partial charge >= 0.3 is 0 Å². The Labute approximate surface area is 118 Å². The number of ether oxygens (including phenoxy) is 2. The largest absolute Gasteiger partial charge is 0.379 e. The molecule has 1 fully saturated rings. The normalized spacial score (nSPS) is 19.6. The van der Waals surface area contributed by atoms with Gasteiger partial charge < -0.3 is 20.1 Å². The zero-order valence-corrected chi connectivity index (χ0v) is 11.8. The van der Waals surface area contributed by atoms with E-state index in [1.807, 2.05) is 6.92 Å². The van der Waals surface area contributed by atoms with Gasteiger partial charge in [0.2, 0.25) is 0 Å². The summed E-state index contributed by atoms with van der Waals surface area (Å²) in [7, 11) is 1.56. The molecule has 2 unspecified atom stereocenters. The smallest absolute Gasteiger partial charge is 0.271 e. The molecule has 2 N–H and O–H groups in total. The molecule has 1 aliphatic heterocycles. The maximum absolute atomic E-state index is 11.3. The van der Waals surface area contributed by atoms with Crippen molar-refractivity contribution in [3.8, 4) is 0 Å². The van der Waals surface area contributed by atoms with Crippen LogP contribution in [-0.2, 0) is 9.47 Å². The molecule has 0 saturated carbocycles. The van der Waals surface area contributed by atoms with E-state index in [4.69, 9.17) is 9.47 Å². The molecule has 7 heteroatoms. The van der Waals surface area contributed by atoms with Crippen LogP contribution in [0.15, 0.2) is 12.1 Å². The van der Waals surface area contributed by atoms with Crippen LogP contribution in [0.3, 0.4) is 0 Å². The zero-order chi connectivity index (χ0) is 14.4. The highest BCUT2D eigenvalue weighted by molar-refractivity contribution is 5.91. The maximum Gasteiger partial charge on any atom is 0.271 e. The van der Waals surface area contributed by atoms with Gasteiger partial charge in [0, 0.05) is 19.7 Å². The van der Waals surface area contributed by atoms with Crippen LogP contribution in [0, 0.1) is 0 Å². The van der Waals surface area contributed by atoms with Crippen molar-refractivity contribution in [2.75, 3.05) is 32.2 Å². The Morgan fingerprint density at radius 1 is 1.55 bits per heavy atom. The molecule has 1 aromatic rings. The number of hydrogen-bond donors (Lipinski definition) is 2. The first kappa shape index (κ1) is 14.7. The standard InChI is InChI=1S/C13H20N4O3/c1-9(7-20-10-5-6-19-8-10)15-12-4-3-11(16-17-12)13(18)14-2/h3-4,9-10H,5-8H2,1-2H3,(H,14,18)(H,15,17). The van der Waals surface area contributed by atoms with Crippen molar-refractivity contribution in [1.82, 2.24) is 15.5 Å². The number of hydrogen-bond acceptors (Lipinski definition) is 6. The number of carbonyl (C=O) groups excluding carboxylic acids is 1. The summed E-state index contributed by atoms with van der Waals surface area (Å²) in [5.41, 5.74) is 0.296. The SMILES string of the molecule is CNC(=O)c1ccc(NC(C)COC2CCOC2)nn1. The molecule has 0 radical (unpaired) electrons. The molecule has 20 heavy (non-hydrogen) atoms. The zero-order valence-electron chi connectivity index (χ0n) is 11.8. The van der Waals surface area contributed by atoms with Gasteiger partial charge in [-0.05, 0) is 25.5 Å². The summed E-state index contributed by atoms with van der Waals surface area (Å²) in [5, 5.41) is 13.5. The highest BCUT2D eigenvalue weighted by Crippen LogP contribution is 2.10. The molecule has 0 spiro atoms. The highest BCUT2D eigenvalue weighted by atomic mass is 16.5. The number of aromatic nitrogens is 2. The highest BCUT2D eigenvalue weighted by Gasteiger charge is 2.17. The molecule has 1 amide bonds. The van der Waals surface area contributed by atoms with Crippen LogP contribution in [-0.4, -0.2) is 55.1 Å². The first-order valence-corrected chi connectivity index (χ1v) is 6.70. The van der Waals surface area contributed by atoms with E-state index in [1.165, 1.54) is 0 Å². The van der Waals surface area contributed by atoms with Gasteiger partial charge in [-0.25, -0.2) is 0 Å². The summed E-state index contributed by atoms with van der Waals surface area (Å²) < 4.78 is 11.0. The van der Waals surface area contributed by atoms with E-state index < -0.39 is 0 Å². The van der Waals surface area contributed by atoms with Gasteiger partial charge in [-0.3, -0.25) is 4.79 Å². The van der Waals surface area contributed by atoms with Gasteiger partial charge in [0.05, 0.1) is 19.3 Å². The minimum absolute atomic E-state index is 0.107. The summed E-state index contributed by atoms with van der Waals surface area (Å²) in [6.07, 6.45) is 1.15. The maximum atomic E-state index is 11.3. The van der Waals surface area contributed by atoms with Crippen LogP contribution in [0.5, 0.6) is 0 Å². The van der Waals surface area contributed by atoms with E-state index in [1.54, 1.807) is 19.2 Å². The van der Waals surface area contributed by atoms with Gasteiger partial charge in [-0.1, -0.05) is 0 Å². The molecular weight excluding hydrogens is 260 g/mol. The molecule has 2 rings (SSSR count). The van der Waals surface area contributed by atoms with Gasteiger partial charge in [-0.15, -0.1) is 10.2 Å². The van der Waals surface area contributed by atoms with E-state index in [0.717, 1.165) is 13.0 Å². The molecule has 1 aromatic heterocycles. The van der Waals surface area contributed by atoms with E-state index >= 15 is 0 Å². The number of nitrogens with one attached hydrogen (secondary N) is 2. The van der Waals surface area contributed by atoms with Crippen molar-refractivity contribution in [3.63, 3.8) is 0 Å². The van der Waals surface area contributed by atoms with Gasteiger partial charge in [-0.2, -0.15) is 0 Å². The van der Waals surface area contributed by atoms with E-state index in [-0.39, 0.29) is 18.1 Å². The number of carbonyl (C=O) groups is 1. The topological polar surface area (TPSA) is 85.4 Å². The fourth-order valence-corrected chi connectivity index (χ4v) is 1.88. The van der Waals surface area contributed by atoms with Crippen molar-refractivity contribution in [2.24, 2.45) is 0 Å². The van der Waals surface area contributed by atoms with Crippen molar-refractivity contribution >= 4 is 11.7 Å². The number of amides is 1. The predicted octanol–water partition coefficient (Wildman–Crippen LogP) is 0.442. The lowest BCUT2D eigenvalue weighted by atomic mass is 10.3. The molecular formula is C13H20N4O3. The van der Waals surface area contributed by atoms with Crippen molar-refractivity contribution in [2.45, 2.75) is 25.5 Å². The lowest BCUT2D eigenvalue weighted by molar-refractivity contribution is 0.0394. The lowest BCUT2D eigenvalue weighted by Gasteiger charge is -2.17. The Morgan fingerprint density at radius 3 is 3.00 bits per heavy atom. The number of rotatable bonds is 6. The van der Waals surface area contributed by atoms with Gasteiger partial charge in [0.1, 0.15) is 5.82 Å². The second-order valence-corrected chi connectivity index (χ2v) is 4.75. The Kier molecular flexibility index (Phi) is 5.25. The molecule has 1 saturated heterocycles. The van der Waals surface area contributed by atoms with Crippen molar-refractivity contribution in [1.29, 1.82) is 0 Å². The van der Waals surface area contributed by atoms with E-state index in [2.05, 4.69) is 20.8 Å². The summed E-state index contributed by atoms with van der Waals surface area (Å²) >= 11 is 0. The van der Waals surface area contributed by atoms with Crippen LogP contribution in [0.4, 0.5) is 5.82 Å². The summed E-state index contributed by atoms with van der Waals surface area (Å²) in [4.78, 5) is 11.3. The average Bonchev–Trinajstić information content (AvgIpc) is 2.98. The van der Waals surface area contributed by atoms with Crippen molar-refractivity contribution in [3.05, 3.63) is 17.8 Å². The second kappa shape index (κ2) is 7.16. The Bertz CT molecular complexity index is 432. The molecule has 0 bridgehead atoms. The van der Waals surface area contributed by atoms with Crippen molar-refractivity contribution < 1.29 is 14.3 Å². The Hall–Kier alpha value is -1.73. The molecule has 110 valence electrons. The summed E-state index contributed by atoms with van der Waals surface area (Å²) in [6, 6.07) is 3.47. The fraction of sp³-hybridized carbons (Fsp3) is 0.615. The molecule has 2 atom stereocenters. The summed E-state index contributed by atoms with van der Waals surface area (Å²) in [5.74, 6) is 0.373. The lowest BCUT2D eigenvalue weighted by Crippen LogP contribution is -2.26. The fourth-order valence-electron chi connectivity index (χ4n) is 1.88. The second-order valence-electron chi connectivity index (χ2n) is 4.75. The Balaban J connectivity index is 1.78. The molecule has 7 nitrogen and oxygen atoms in total. The van der Waals surface area contributed by atoms with Crippen LogP contribution < -0.4 is 10.6 Å². The Morgan fingerprint density at radius 2 is 2.40 bits per heavy atom. The van der Waals surface area contributed by atoms with Crippen LogP contribution in [0.1, 0.15) is 23.8 Å². The quantitative estimate of drug-likeness (QED) is 0.786. The van der Waals surface area contributed by atoms with Crippen LogP contribution in [0.2, 0.25) is 0 Å². The minimum Gasteiger partial charge on any atom is -0.379 e. The average molecular weight is 280 g/mol. The minimum atomic E-state index is -0.248. The molecule has 2 heterocycles.